The van der Waals surface area contributed by atoms with E-state index >= 15 is 0 Å². The summed E-state index contributed by atoms with van der Waals surface area (Å²) in [6.07, 6.45) is 0.950. The molecule has 4 rings (SSSR count). The van der Waals surface area contributed by atoms with Crippen LogP contribution < -0.4 is 10.1 Å². The minimum atomic E-state index is -3.47. The van der Waals surface area contributed by atoms with E-state index in [1.165, 1.54) is 27.0 Å². The number of hydrogen-bond acceptors (Lipinski definition) is 7. The van der Waals surface area contributed by atoms with E-state index in [4.69, 9.17) is 16.3 Å². The molecule has 11 heteroatoms. The van der Waals surface area contributed by atoms with Gasteiger partial charge < -0.3 is 10.1 Å². The summed E-state index contributed by atoms with van der Waals surface area (Å²) in [6.45, 7) is 0.650. The van der Waals surface area contributed by atoms with Gasteiger partial charge in [0.2, 0.25) is 5.91 Å². The van der Waals surface area contributed by atoms with Gasteiger partial charge in [-0.25, -0.2) is 13.4 Å². The Morgan fingerprint density at radius 3 is 2.68 bits per heavy atom. The average Bonchev–Trinajstić information content (AvgIpc) is 3.46. The lowest BCUT2D eigenvalue weighted by Crippen LogP contribution is -2.41. The van der Waals surface area contributed by atoms with Crippen LogP contribution in [0.5, 0.6) is 5.75 Å². The molecule has 1 N–H and O–H groups in total. The van der Waals surface area contributed by atoms with E-state index in [0.717, 1.165) is 5.56 Å². The number of ether oxygens (including phenoxy) is 1. The predicted octanol–water partition coefficient (Wildman–Crippen LogP) is 4.57. The fraction of sp³-hybridized carbons (Fsp3) is 0.300. The van der Waals surface area contributed by atoms with E-state index in [1.807, 2.05) is 11.4 Å². The van der Waals surface area contributed by atoms with Crippen LogP contribution in [0.15, 0.2) is 45.3 Å². The summed E-state index contributed by atoms with van der Waals surface area (Å²) in [7, 11) is -1.92. The number of nitrogens with one attached hydrogen (secondary N) is 1. The molecule has 1 aliphatic rings. The van der Waals surface area contributed by atoms with Crippen molar-refractivity contribution in [1.29, 1.82) is 0 Å². The van der Waals surface area contributed by atoms with Gasteiger partial charge in [-0.05, 0) is 42.5 Å². The molecular weight excluding hydrogens is 478 g/mol. The maximum absolute atomic E-state index is 12.7. The Hall–Kier alpha value is -1.98. The van der Waals surface area contributed by atoms with Gasteiger partial charge >= 0.3 is 0 Å². The second-order valence-electron chi connectivity index (χ2n) is 6.99. The molecule has 0 aliphatic carbocycles. The molecule has 1 fully saturated rings. The zero-order valence-corrected chi connectivity index (χ0v) is 19.8. The largest absolute Gasteiger partial charge is 0.495 e. The number of anilines is 1. The molecule has 0 atom stereocenters. The topological polar surface area (TPSA) is 88.6 Å². The number of methoxy groups -OCH3 is 1. The molecule has 1 aliphatic heterocycles. The summed E-state index contributed by atoms with van der Waals surface area (Å²) in [5, 5.41) is 7.45. The first-order chi connectivity index (χ1) is 14.9. The Labute approximate surface area is 193 Å². The zero-order valence-electron chi connectivity index (χ0n) is 16.6. The summed E-state index contributed by atoms with van der Waals surface area (Å²) in [4.78, 5) is 17.2. The highest BCUT2D eigenvalue weighted by Crippen LogP contribution is 2.32. The summed E-state index contributed by atoms with van der Waals surface area (Å²) >= 11 is 8.72. The summed E-state index contributed by atoms with van der Waals surface area (Å²) in [5.41, 5.74) is 1.54. The normalized spacial score (nSPS) is 15.7. The first-order valence-electron chi connectivity index (χ1n) is 9.52. The third kappa shape index (κ3) is 4.78. The SMILES string of the molecule is COc1ccc(-c2csc(NC(=O)C3CCN(S(=O)(=O)c4cccs4)CC3)n2)cc1Cl. The Kier molecular flexibility index (Phi) is 6.63. The number of nitrogens with zero attached hydrogens (tertiary/aromatic N) is 2. The van der Waals surface area contributed by atoms with Crippen molar-refractivity contribution in [1.82, 2.24) is 9.29 Å². The molecule has 1 saturated heterocycles. The van der Waals surface area contributed by atoms with Crippen molar-refractivity contribution >= 4 is 55.3 Å². The third-order valence-corrected chi connectivity index (χ3v) is 9.42. The van der Waals surface area contributed by atoms with Crippen LogP contribution in [-0.2, 0) is 14.8 Å². The fourth-order valence-corrected chi connectivity index (χ4v) is 6.99. The molecule has 0 saturated carbocycles. The van der Waals surface area contributed by atoms with Gasteiger partial charge in [0.1, 0.15) is 9.96 Å². The molecule has 31 heavy (non-hydrogen) atoms. The van der Waals surface area contributed by atoms with Crippen molar-refractivity contribution in [2.75, 3.05) is 25.5 Å². The van der Waals surface area contributed by atoms with Crippen LogP contribution in [0.4, 0.5) is 5.13 Å². The number of benzene rings is 1. The first kappa shape index (κ1) is 22.2. The molecular formula is C20H20ClN3O4S3. The molecule has 3 heterocycles. The second kappa shape index (κ2) is 9.25. The molecule has 1 amide bonds. The van der Waals surface area contributed by atoms with Gasteiger partial charge in [-0.3, -0.25) is 4.79 Å². The van der Waals surface area contributed by atoms with Crippen molar-refractivity contribution in [3.8, 4) is 17.0 Å². The lowest BCUT2D eigenvalue weighted by molar-refractivity contribution is -0.120. The van der Waals surface area contributed by atoms with E-state index in [9.17, 15) is 13.2 Å². The van der Waals surface area contributed by atoms with Gasteiger partial charge in [0.15, 0.2) is 5.13 Å². The molecule has 1 aromatic carbocycles. The highest BCUT2D eigenvalue weighted by molar-refractivity contribution is 7.91. The van der Waals surface area contributed by atoms with Crippen molar-refractivity contribution in [3.63, 3.8) is 0 Å². The Balaban J connectivity index is 1.36. The third-order valence-electron chi connectivity index (χ3n) is 5.10. The molecule has 0 unspecified atom stereocenters. The van der Waals surface area contributed by atoms with Gasteiger partial charge in [0.25, 0.3) is 10.0 Å². The molecule has 3 aromatic rings. The number of carbonyl (C=O) groups excluding carboxylic acids is 1. The van der Waals surface area contributed by atoms with Crippen molar-refractivity contribution < 1.29 is 17.9 Å². The zero-order chi connectivity index (χ0) is 22.0. The second-order valence-corrected chi connectivity index (χ2v) is 11.4. The van der Waals surface area contributed by atoms with E-state index < -0.39 is 10.0 Å². The lowest BCUT2D eigenvalue weighted by Gasteiger charge is -2.29. The standard InChI is InChI=1S/C20H20ClN3O4S3/c1-28-17-5-4-14(11-15(17)21)16-12-30-20(22-16)23-19(25)13-6-8-24(9-7-13)31(26,27)18-3-2-10-29-18/h2-5,10-13H,6-9H2,1H3,(H,22,23,25). The Bertz CT molecular complexity index is 1170. The fourth-order valence-electron chi connectivity index (χ4n) is 3.39. The van der Waals surface area contributed by atoms with Crippen LogP contribution in [0, 0.1) is 5.92 Å². The van der Waals surface area contributed by atoms with Gasteiger partial charge in [-0.2, -0.15) is 4.31 Å². The first-order valence-corrected chi connectivity index (χ1v) is 13.1. The summed E-state index contributed by atoms with van der Waals surface area (Å²) < 4.78 is 32.2. The van der Waals surface area contributed by atoms with Crippen molar-refractivity contribution in [3.05, 3.63) is 46.1 Å². The Morgan fingerprint density at radius 1 is 1.26 bits per heavy atom. The van der Waals surface area contributed by atoms with Gasteiger partial charge in [0, 0.05) is 30.0 Å². The van der Waals surface area contributed by atoms with E-state index in [0.29, 0.717) is 51.7 Å². The van der Waals surface area contributed by atoms with Crippen LogP contribution >= 0.6 is 34.3 Å². The number of hydrogen-bond donors (Lipinski definition) is 1. The van der Waals surface area contributed by atoms with Crippen LogP contribution in [0.25, 0.3) is 11.3 Å². The number of rotatable bonds is 6. The quantitative estimate of drug-likeness (QED) is 0.538. The summed E-state index contributed by atoms with van der Waals surface area (Å²) in [5.74, 6) is 0.195. The smallest absolute Gasteiger partial charge is 0.252 e. The molecule has 0 bridgehead atoms. The number of aromatic nitrogens is 1. The maximum atomic E-state index is 12.7. The minimum Gasteiger partial charge on any atom is -0.495 e. The van der Waals surface area contributed by atoms with Crippen LogP contribution in [0.2, 0.25) is 5.02 Å². The van der Waals surface area contributed by atoms with Gasteiger partial charge in [-0.1, -0.05) is 17.7 Å². The number of thiazole rings is 1. The highest BCUT2D eigenvalue weighted by atomic mass is 35.5. The molecule has 0 spiro atoms. The number of piperidine rings is 1. The molecule has 2 aromatic heterocycles. The van der Waals surface area contributed by atoms with Gasteiger partial charge in [-0.15, -0.1) is 22.7 Å². The van der Waals surface area contributed by atoms with Crippen molar-refractivity contribution in [2.24, 2.45) is 5.92 Å². The number of carbonyl (C=O) groups is 1. The van der Waals surface area contributed by atoms with E-state index in [1.54, 1.807) is 36.8 Å². The lowest BCUT2D eigenvalue weighted by atomic mass is 9.97. The van der Waals surface area contributed by atoms with Crippen LogP contribution in [0.3, 0.4) is 0 Å². The number of sulfonamides is 1. The number of amides is 1. The maximum Gasteiger partial charge on any atom is 0.252 e. The van der Waals surface area contributed by atoms with E-state index in [-0.39, 0.29) is 11.8 Å². The molecule has 7 nitrogen and oxygen atoms in total. The van der Waals surface area contributed by atoms with Crippen LogP contribution in [-0.4, -0.2) is 43.8 Å². The minimum absolute atomic E-state index is 0.137. The number of thiophene rings is 1. The predicted molar refractivity (Wildman–Crippen MR) is 124 cm³/mol. The molecule has 164 valence electrons. The number of halogens is 1. The Morgan fingerprint density at radius 2 is 2.03 bits per heavy atom. The van der Waals surface area contributed by atoms with Crippen molar-refractivity contribution in [2.45, 2.75) is 17.1 Å². The van der Waals surface area contributed by atoms with E-state index in [2.05, 4.69) is 10.3 Å². The van der Waals surface area contributed by atoms with Gasteiger partial charge in [0.05, 0.1) is 17.8 Å². The monoisotopic (exact) mass is 497 g/mol. The average molecular weight is 498 g/mol. The highest BCUT2D eigenvalue weighted by Gasteiger charge is 2.32. The summed E-state index contributed by atoms with van der Waals surface area (Å²) in [6, 6.07) is 8.72. The molecule has 0 radical (unpaired) electrons. The van der Waals surface area contributed by atoms with Crippen LogP contribution in [0.1, 0.15) is 12.8 Å².